The summed E-state index contributed by atoms with van der Waals surface area (Å²) in [6.07, 6.45) is 28.8. The second-order valence-corrected chi connectivity index (χ2v) is 15.5. The van der Waals surface area contributed by atoms with E-state index in [1.165, 1.54) is 128 Å². The minimum atomic E-state index is 0. The van der Waals surface area contributed by atoms with Crippen molar-refractivity contribution in [2.45, 2.75) is 192 Å². The molecule has 0 aliphatic heterocycles. The molecule has 4 unspecified atom stereocenters. The Balaban J connectivity index is 0. The predicted octanol–water partition coefficient (Wildman–Crippen LogP) is 12.2. The van der Waals surface area contributed by atoms with E-state index in [-0.39, 0.29) is 18.9 Å². The first-order valence-corrected chi connectivity index (χ1v) is 19.9. The van der Waals surface area contributed by atoms with E-state index in [2.05, 4.69) is 56.5 Å². The summed E-state index contributed by atoms with van der Waals surface area (Å²) in [5.41, 5.74) is 0. The Morgan fingerprint density at radius 2 is 0.705 bits per heavy atom. The molecule has 0 fully saturated rings. The minimum Gasteiger partial charge on any atom is -0.0654 e. The fourth-order valence-corrected chi connectivity index (χ4v) is 7.68. The average molecular weight is 670 g/mol. The van der Waals surface area contributed by atoms with Crippen LogP contribution in [-0.2, 0) is 33.9 Å². The first kappa shape index (κ1) is 47.1. The molecule has 1 radical (unpaired) electrons. The van der Waals surface area contributed by atoms with Crippen LogP contribution in [0.25, 0.3) is 0 Å². The molecule has 0 aliphatic carbocycles. The molecular weight excluding hydrogens is 591 g/mol. The third-order valence-corrected chi connectivity index (χ3v) is 9.87. The third kappa shape index (κ3) is 37.4. The van der Waals surface area contributed by atoms with Gasteiger partial charge in [0.25, 0.3) is 0 Å². The van der Waals surface area contributed by atoms with E-state index in [0.29, 0.717) is 23.2 Å². The van der Waals surface area contributed by atoms with E-state index in [1.54, 1.807) is 0 Å². The number of rotatable bonds is 36. The molecule has 266 valence electrons. The van der Waals surface area contributed by atoms with Gasteiger partial charge in [0.15, 0.2) is 0 Å². The van der Waals surface area contributed by atoms with Gasteiger partial charge in [-0.1, -0.05) is 90.9 Å². The number of hydrogen-bond acceptors (Lipinski definition) is 4. The summed E-state index contributed by atoms with van der Waals surface area (Å²) in [6.45, 7) is 18.5. The van der Waals surface area contributed by atoms with Crippen molar-refractivity contribution in [3.63, 3.8) is 0 Å². The van der Waals surface area contributed by atoms with Crippen LogP contribution in [0.3, 0.4) is 0 Å². The summed E-state index contributed by atoms with van der Waals surface area (Å²) >= 11 is 2.28. The van der Waals surface area contributed by atoms with Gasteiger partial charge in [-0.2, -0.15) is 0 Å². The molecule has 0 bridgehead atoms. The summed E-state index contributed by atoms with van der Waals surface area (Å²) in [7, 11) is 0. The van der Waals surface area contributed by atoms with Gasteiger partial charge in [0.1, 0.15) is 0 Å². The Morgan fingerprint density at radius 3 is 1.05 bits per heavy atom. The molecule has 4 atom stereocenters. The predicted molar refractivity (Wildman–Crippen MR) is 189 cm³/mol. The van der Waals surface area contributed by atoms with Crippen molar-refractivity contribution in [3.05, 3.63) is 0 Å². The summed E-state index contributed by atoms with van der Waals surface area (Å²) in [5, 5.41) is 0. The molecule has 0 spiro atoms. The van der Waals surface area contributed by atoms with E-state index in [4.69, 9.17) is 18.9 Å². The van der Waals surface area contributed by atoms with E-state index in [9.17, 15) is 0 Å². The monoisotopic (exact) mass is 669 g/mol. The molecule has 0 aromatic rings. The van der Waals surface area contributed by atoms with Crippen LogP contribution in [0.5, 0.6) is 0 Å². The van der Waals surface area contributed by atoms with Gasteiger partial charge in [-0.3, -0.25) is 0 Å². The van der Waals surface area contributed by atoms with Gasteiger partial charge in [-0.15, -0.1) is 0 Å². The summed E-state index contributed by atoms with van der Waals surface area (Å²) < 4.78 is 22.7. The van der Waals surface area contributed by atoms with Gasteiger partial charge in [-0.05, 0) is 0 Å². The summed E-state index contributed by atoms with van der Waals surface area (Å²) in [6, 6.07) is 0. The third-order valence-electron chi connectivity index (χ3n) is 8.35. The van der Waals surface area contributed by atoms with Crippen molar-refractivity contribution >= 4 is 18.9 Å². The Labute approximate surface area is 295 Å². The zero-order valence-electron chi connectivity index (χ0n) is 31.0. The number of ether oxygens (including phenoxy) is 4. The van der Waals surface area contributed by atoms with Gasteiger partial charge in [-0.25, -0.2) is 0 Å². The molecule has 44 heavy (non-hydrogen) atoms. The Bertz CT molecular complexity index is 483. The SMILES string of the molecule is CCCCCCCCCCOCOCCCC(C)C[CH](C)[Cu][CH](C)CC(C)CCCOCOCCCCCCCCCC.[Li]. The van der Waals surface area contributed by atoms with Crippen LogP contribution in [0.4, 0.5) is 0 Å². The topological polar surface area (TPSA) is 36.9 Å². The Hall–Kier alpha value is 0.957. The maximum absolute atomic E-state index is 5.72. The van der Waals surface area contributed by atoms with E-state index in [0.717, 1.165) is 51.1 Å². The van der Waals surface area contributed by atoms with Gasteiger partial charge in [0.05, 0.1) is 0 Å². The van der Waals surface area contributed by atoms with Crippen LogP contribution >= 0.6 is 0 Å². The fourth-order valence-electron chi connectivity index (χ4n) is 5.76. The molecule has 0 amide bonds. The van der Waals surface area contributed by atoms with Gasteiger partial charge >= 0.3 is 187 Å². The second kappa shape index (κ2) is 38.4. The van der Waals surface area contributed by atoms with E-state index >= 15 is 0 Å². The van der Waals surface area contributed by atoms with Crippen molar-refractivity contribution in [2.75, 3.05) is 40.0 Å². The smallest absolute Gasteiger partial charge is 0.0654 e. The normalized spacial score (nSPS) is 14.4. The molecule has 0 aromatic heterocycles. The second-order valence-electron chi connectivity index (χ2n) is 13.3. The van der Waals surface area contributed by atoms with Crippen molar-refractivity contribution in [2.24, 2.45) is 11.8 Å². The molecular formula is C38H78CuLiO4. The molecule has 0 N–H and O–H groups in total. The fraction of sp³-hybridized carbons (Fsp3) is 1.00. The number of unbranched alkanes of at least 4 members (excludes halogenated alkanes) is 14. The zero-order chi connectivity index (χ0) is 31.6. The van der Waals surface area contributed by atoms with Crippen LogP contribution in [0, 0.1) is 11.8 Å². The van der Waals surface area contributed by atoms with E-state index in [1.807, 2.05) is 0 Å². The minimum absolute atomic E-state index is 0. The Kier molecular flexibility index (Phi) is 41.1. The standard InChI is InChI=1S/2C19H39O2.Cu.Li/c2*1-4-6-7-8-9-10-11-12-16-20-18-21-17-13-15-19(3)14-5-2;;/h2*5,19H,4,6-18H2,1-3H3;;. The van der Waals surface area contributed by atoms with Crippen LogP contribution in [-0.4, -0.2) is 58.9 Å². The number of hydrogen-bond donors (Lipinski definition) is 0. The molecule has 4 nitrogen and oxygen atoms in total. The summed E-state index contributed by atoms with van der Waals surface area (Å²) in [4.78, 5) is 1.41. The summed E-state index contributed by atoms with van der Waals surface area (Å²) in [5.74, 6) is 1.50. The maximum atomic E-state index is 5.72. The molecule has 0 saturated carbocycles. The Morgan fingerprint density at radius 1 is 0.409 bits per heavy atom. The molecule has 0 rings (SSSR count). The van der Waals surface area contributed by atoms with Gasteiger partial charge in [0, 0.05) is 18.9 Å². The van der Waals surface area contributed by atoms with Crippen LogP contribution in [0.2, 0.25) is 9.63 Å². The molecule has 0 aliphatic rings. The zero-order valence-corrected chi connectivity index (χ0v) is 32.0. The quantitative estimate of drug-likeness (QED) is 0.0378. The van der Waals surface area contributed by atoms with Crippen molar-refractivity contribution in [1.82, 2.24) is 0 Å². The van der Waals surface area contributed by atoms with Gasteiger partial charge < -0.3 is 0 Å². The van der Waals surface area contributed by atoms with Crippen molar-refractivity contribution in [3.8, 4) is 0 Å². The molecule has 0 saturated heterocycles. The molecule has 6 heteroatoms. The average Bonchev–Trinajstić information content (AvgIpc) is 2.97. The van der Waals surface area contributed by atoms with Crippen LogP contribution in [0.15, 0.2) is 0 Å². The van der Waals surface area contributed by atoms with Crippen molar-refractivity contribution in [1.29, 1.82) is 0 Å². The van der Waals surface area contributed by atoms with Crippen LogP contribution in [0.1, 0.15) is 183 Å². The molecule has 0 aromatic carbocycles. The first-order valence-electron chi connectivity index (χ1n) is 18.8. The van der Waals surface area contributed by atoms with Crippen molar-refractivity contribution < 1.29 is 33.9 Å². The first-order chi connectivity index (χ1) is 21.0. The van der Waals surface area contributed by atoms with E-state index < -0.39 is 0 Å². The van der Waals surface area contributed by atoms with Crippen LogP contribution < -0.4 is 0 Å². The van der Waals surface area contributed by atoms with Gasteiger partial charge in [0.2, 0.25) is 0 Å². The molecule has 0 heterocycles.